The largest absolute Gasteiger partial charge is 0.383 e. The molecule has 0 aliphatic carbocycles. The van der Waals surface area contributed by atoms with Crippen molar-refractivity contribution in [1.29, 1.82) is 0 Å². The number of nitrogens with zero attached hydrogens (tertiary/aromatic N) is 4. The molecule has 2 aliphatic rings. The highest BCUT2D eigenvalue weighted by Crippen LogP contribution is 2.23. The third-order valence-electron chi connectivity index (χ3n) is 5.09. The molecule has 0 amide bonds. The Labute approximate surface area is 175 Å². The second kappa shape index (κ2) is 8.32. The Morgan fingerprint density at radius 1 is 1.32 bits per heavy atom. The number of thiocarbonyl (C=S) groups is 1. The van der Waals surface area contributed by atoms with Crippen LogP contribution in [0.4, 0.5) is 11.4 Å². The van der Waals surface area contributed by atoms with Crippen molar-refractivity contribution in [1.82, 2.24) is 15.3 Å². The van der Waals surface area contributed by atoms with Crippen LogP contribution >= 0.6 is 23.8 Å². The molecule has 8 heteroatoms. The molecule has 6 nitrogen and oxygen atoms in total. The topological polar surface area (TPSA) is 55.8 Å². The van der Waals surface area contributed by atoms with Gasteiger partial charge in [0.1, 0.15) is 5.69 Å². The zero-order valence-electron chi connectivity index (χ0n) is 15.7. The predicted molar refractivity (Wildman–Crippen MR) is 119 cm³/mol. The van der Waals surface area contributed by atoms with Crippen LogP contribution in [0.2, 0.25) is 5.02 Å². The summed E-state index contributed by atoms with van der Waals surface area (Å²) in [5.41, 5.74) is 6.96. The van der Waals surface area contributed by atoms with Gasteiger partial charge >= 0.3 is 0 Å². The lowest BCUT2D eigenvalue weighted by Crippen LogP contribution is -2.55. The van der Waals surface area contributed by atoms with Crippen molar-refractivity contribution in [3.8, 4) is 0 Å². The number of nitrogens with one attached hydrogen (secondary N) is 2. The lowest BCUT2D eigenvalue weighted by atomic mass is 10.1. The van der Waals surface area contributed by atoms with Gasteiger partial charge in [0.25, 0.3) is 0 Å². The first kappa shape index (κ1) is 19.0. The van der Waals surface area contributed by atoms with E-state index < -0.39 is 0 Å². The number of pyridine rings is 1. The van der Waals surface area contributed by atoms with Crippen LogP contribution in [0.25, 0.3) is 0 Å². The van der Waals surface area contributed by atoms with Gasteiger partial charge in [-0.3, -0.25) is 10.4 Å². The van der Waals surface area contributed by atoms with Gasteiger partial charge < -0.3 is 15.1 Å². The lowest BCUT2D eigenvalue weighted by molar-refractivity contribution is 0.334. The molecule has 0 spiro atoms. The number of anilines is 2. The van der Waals surface area contributed by atoms with Crippen molar-refractivity contribution in [2.45, 2.75) is 19.4 Å². The van der Waals surface area contributed by atoms with Gasteiger partial charge in [0, 0.05) is 50.5 Å². The van der Waals surface area contributed by atoms with E-state index in [9.17, 15) is 0 Å². The van der Waals surface area contributed by atoms with Gasteiger partial charge in [-0.2, -0.15) is 5.10 Å². The number of piperazine rings is 1. The van der Waals surface area contributed by atoms with Crippen LogP contribution in [0.15, 0.2) is 47.7 Å². The van der Waals surface area contributed by atoms with E-state index in [0.29, 0.717) is 16.2 Å². The Hall–Kier alpha value is -2.38. The minimum Gasteiger partial charge on any atom is -0.383 e. The number of fused-ring (bicyclic) bond motifs is 1. The zero-order valence-corrected chi connectivity index (χ0v) is 17.3. The second-order valence-corrected chi connectivity index (χ2v) is 7.85. The Bertz CT molecular complexity index is 888. The summed E-state index contributed by atoms with van der Waals surface area (Å²) in [4.78, 5) is 9.02. The molecule has 0 radical (unpaired) electrons. The second-order valence-electron chi connectivity index (χ2n) is 7.03. The molecule has 2 N–H and O–H groups in total. The average Bonchev–Trinajstić information content (AvgIpc) is 2.72. The Balaban J connectivity index is 1.40. The molecule has 1 unspecified atom stereocenters. The molecule has 1 saturated heterocycles. The molecule has 146 valence electrons. The monoisotopic (exact) mass is 414 g/mol. The summed E-state index contributed by atoms with van der Waals surface area (Å²) in [7, 11) is 0. The van der Waals surface area contributed by atoms with Crippen molar-refractivity contribution < 1.29 is 0 Å². The van der Waals surface area contributed by atoms with Crippen LogP contribution in [0.1, 0.15) is 19.0 Å². The Morgan fingerprint density at radius 2 is 2.14 bits per heavy atom. The fraction of sp³-hybridized carbons (Fsp3) is 0.350. The van der Waals surface area contributed by atoms with E-state index in [1.165, 1.54) is 5.69 Å². The van der Waals surface area contributed by atoms with Crippen LogP contribution in [0.5, 0.6) is 0 Å². The predicted octanol–water partition coefficient (Wildman–Crippen LogP) is 3.34. The highest BCUT2D eigenvalue weighted by Gasteiger charge is 2.25. The molecule has 28 heavy (non-hydrogen) atoms. The van der Waals surface area contributed by atoms with Crippen molar-refractivity contribution >= 4 is 46.0 Å². The molecule has 0 bridgehead atoms. The number of aromatic nitrogens is 1. The molecule has 1 atom stereocenters. The highest BCUT2D eigenvalue weighted by molar-refractivity contribution is 7.80. The summed E-state index contributed by atoms with van der Waals surface area (Å²) in [5, 5.41) is 9.13. The van der Waals surface area contributed by atoms with Crippen LogP contribution in [-0.4, -0.2) is 52.9 Å². The first-order valence-corrected chi connectivity index (χ1v) is 10.2. The fourth-order valence-electron chi connectivity index (χ4n) is 3.68. The first-order valence-electron chi connectivity index (χ1n) is 9.45. The minimum atomic E-state index is 0.368. The summed E-state index contributed by atoms with van der Waals surface area (Å²) in [6.07, 6.45) is 2.43. The molecular formula is C20H23ClN6S. The van der Waals surface area contributed by atoms with Gasteiger partial charge in [-0.15, -0.1) is 0 Å². The summed E-state index contributed by atoms with van der Waals surface area (Å²) < 4.78 is 0. The van der Waals surface area contributed by atoms with E-state index in [-0.39, 0.29) is 0 Å². The summed E-state index contributed by atoms with van der Waals surface area (Å²) in [5.74, 6) is 0. The number of hydrazone groups is 1. The maximum Gasteiger partial charge on any atom is 0.189 e. The number of halogens is 1. The van der Waals surface area contributed by atoms with Crippen molar-refractivity contribution in [2.75, 3.05) is 36.4 Å². The standard InChI is InChI=1S/C20H23ClN6S/c1-14-13-26(9-10-27(14)16-5-3-2-4-6-16)20(28)25-24-17-7-8-22-18-11-15(21)12-23-19(17)18/h2-6,11-12,14,22H,7-10,13H2,1H3,(H,25,28)/b24-17-. The van der Waals surface area contributed by atoms with Crippen molar-refractivity contribution in [3.05, 3.63) is 53.3 Å². The Morgan fingerprint density at radius 3 is 2.93 bits per heavy atom. The summed E-state index contributed by atoms with van der Waals surface area (Å²) >= 11 is 11.6. The van der Waals surface area contributed by atoms with E-state index in [2.05, 4.69) is 61.8 Å². The van der Waals surface area contributed by atoms with Gasteiger partial charge in [0.15, 0.2) is 5.11 Å². The minimum absolute atomic E-state index is 0.368. The number of benzene rings is 1. The zero-order chi connectivity index (χ0) is 19.5. The van der Waals surface area contributed by atoms with E-state index in [4.69, 9.17) is 23.8 Å². The maximum atomic E-state index is 6.03. The van der Waals surface area contributed by atoms with Gasteiger partial charge in [-0.05, 0) is 37.3 Å². The van der Waals surface area contributed by atoms with E-state index in [0.717, 1.165) is 49.7 Å². The number of rotatable bonds is 2. The molecule has 3 heterocycles. The maximum absolute atomic E-state index is 6.03. The van der Waals surface area contributed by atoms with E-state index in [1.54, 1.807) is 6.20 Å². The molecule has 0 saturated carbocycles. The van der Waals surface area contributed by atoms with Crippen LogP contribution in [0.3, 0.4) is 0 Å². The number of hydrogen-bond acceptors (Lipinski definition) is 5. The summed E-state index contributed by atoms with van der Waals surface area (Å²) in [6.45, 7) is 5.68. The SMILES string of the molecule is CC1CN(C(=S)N/N=C2/CCNc3cc(Cl)cnc32)CCN1c1ccccc1. The van der Waals surface area contributed by atoms with Crippen molar-refractivity contribution in [3.63, 3.8) is 0 Å². The van der Waals surface area contributed by atoms with Crippen LogP contribution in [-0.2, 0) is 0 Å². The average molecular weight is 415 g/mol. The molecule has 2 aromatic rings. The third-order valence-corrected chi connectivity index (χ3v) is 5.65. The molecule has 1 aromatic carbocycles. The molecule has 1 aromatic heterocycles. The van der Waals surface area contributed by atoms with Gasteiger partial charge in [0.05, 0.1) is 16.4 Å². The number of hydrogen-bond donors (Lipinski definition) is 2. The summed E-state index contributed by atoms with van der Waals surface area (Å²) in [6, 6.07) is 12.8. The number of para-hydroxylation sites is 1. The normalized spacial score (nSPS) is 20.5. The first-order chi connectivity index (χ1) is 13.6. The van der Waals surface area contributed by atoms with Gasteiger partial charge in [0.2, 0.25) is 0 Å². The van der Waals surface area contributed by atoms with Gasteiger partial charge in [-0.25, -0.2) is 0 Å². The Kier molecular flexibility index (Phi) is 5.64. The third kappa shape index (κ3) is 4.05. The highest BCUT2D eigenvalue weighted by atomic mass is 35.5. The van der Waals surface area contributed by atoms with E-state index in [1.807, 2.05) is 12.1 Å². The lowest BCUT2D eigenvalue weighted by Gasteiger charge is -2.42. The fourth-order valence-corrected chi connectivity index (χ4v) is 4.05. The molecule has 4 rings (SSSR count). The van der Waals surface area contributed by atoms with Crippen LogP contribution < -0.4 is 15.6 Å². The molecule has 1 fully saturated rings. The van der Waals surface area contributed by atoms with Crippen LogP contribution in [0, 0.1) is 0 Å². The smallest absolute Gasteiger partial charge is 0.189 e. The van der Waals surface area contributed by atoms with Gasteiger partial charge in [-0.1, -0.05) is 29.8 Å². The van der Waals surface area contributed by atoms with Crippen molar-refractivity contribution in [2.24, 2.45) is 5.10 Å². The molecule has 2 aliphatic heterocycles. The molecular weight excluding hydrogens is 392 g/mol. The quantitative estimate of drug-likeness (QED) is 0.580. The van der Waals surface area contributed by atoms with E-state index >= 15 is 0 Å².